The number of hydrogen-bond donors (Lipinski definition) is 1. The summed E-state index contributed by atoms with van der Waals surface area (Å²) in [6.07, 6.45) is -2.63. The summed E-state index contributed by atoms with van der Waals surface area (Å²) in [4.78, 5) is 15.7. The predicted molar refractivity (Wildman–Crippen MR) is 82.8 cm³/mol. The lowest BCUT2D eigenvalue weighted by Gasteiger charge is -2.08. The molecule has 2 aromatic rings. The summed E-state index contributed by atoms with van der Waals surface area (Å²) in [6.45, 7) is 6.09. The third kappa shape index (κ3) is 3.93. The van der Waals surface area contributed by atoms with E-state index in [0.29, 0.717) is 17.9 Å². The lowest BCUT2D eigenvalue weighted by molar-refractivity contribution is -0.137. The van der Waals surface area contributed by atoms with E-state index in [2.05, 4.69) is 15.4 Å². The Morgan fingerprint density at radius 1 is 1.29 bits per heavy atom. The Labute approximate surface area is 137 Å². The van der Waals surface area contributed by atoms with Gasteiger partial charge in [-0.1, -0.05) is 6.92 Å². The molecule has 0 atom stereocenters. The van der Waals surface area contributed by atoms with Crippen molar-refractivity contribution in [3.05, 3.63) is 40.8 Å². The maximum absolute atomic E-state index is 12.6. The van der Waals surface area contributed by atoms with Gasteiger partial charge in [0.15, 0.2) is 5.82 Å². The summed E-state index contributed by atoms with van der Waals surface area (Å²) in [5, 5.41) is 7.09. The highest BCUT2D eigenvalue weighted by molar-refractivity contribution is 5.79. The predicted octanol–water partition coefficient (Wildman–Crippen LogP) is 2.97. The van der Waals surface area contributed by atoms with Crippen LogP contribution in [0.3, 0.4) is 0 Å². The number of rotatable bonds is 5. The van der Waals surface area contributed by atoms with Crippen molar-refractivity contribution in [1.29, 1.82) is 0 Å². The molecule has 2 aromatic heterocycles. The molecule has 8 heteroatoms. The topological polar surface area (TPSA) is 59.8 Å². The van der Waals surface area contributed by atoms with Crippen LogP contribution in [0.15, 0.2) is 18.3 Å². The van der Waals surface area contributed by atoms with Crippen molar-refractivity contribution in [3.8, 4) is 5.82 Å². The maximum atomic E-state index is 12.6. The van der Waals surface area contributed by atoms with Gasteiger partial charge in [0.1, 0.15) is 0 Å². The summed E-state index contributed by atoms with van der Waals surface area (Å²) in [5.41, 5.74) is 1.28. The second kappa shape index (κ2) is 7.02. The molecule has 0 aliphatic carbocycles. The van der Waals surface area contributed by atoms with Gasteiger partial charge in [0.25, 0.3) is 0 Å². The fraction of sp³-hybridized carbons (Fsp3) is 0.438. The van der Waals surface area contributed by atoms with E-state index in [1.165, 1.54) is 10.7 Å². The molecular formula is C16H19F3N4O. The quantitative estimate of drug-likeness (QED) is 0.910. The highest BCUT2D eigenvalue weighted by Gasteiger charge is 2.30. The van der Waals surface area contributed by atoms with Crippen molar-refractivity contribution < 1.29 is 18.0 Å². The van der Waals surface area contributed by atoms with Crippen LogP contribution in [0.1, 0.15) is 35.9 Å². The summed E-state index contributed by atoms with van der Waals surface area (Å²) < 4.78 is 39.3. The number of hydrogen-bond acceptors (Lipinski definition) is 3. The monoisotopic (exact) mass is 340 g/mol. The summed E-state index contributed by atoms with van der Waals surface area (Å²) in [5.74, 6) is 0.173. The zero-order valence-corrected chi connectivity index (χ0v) is 13.7. The van der Waals surface area contributed by atoms with E-state index in [1.807, 2.05) is 6.92 Å². The summed E-state index contributed by atoms with van der Waals surface area (Å²) in [7, 11) is 0. The number of carbonyl (C=O) groups is 1. The Morgan fingerprint density at radius 3 is 2.54 bits per heavy atom. The number of alkyl halides is 3. The first-order valence-electron chi connectivity index (χ1n) is 7.59. The van der Waals surface area contributed by atoms with Crippen LogP contribution in [0.5, 0.6) is 0 Å². The van der Waals surface area contributed by atoms with E-state index in [1.54, 1.807) is 13.8 Å². The smallest absolute Gasteiger partial charge is 0.356 e. The Balaban J connectivity index is 2.26. The summed E-state index contributed by atoms with van der Waals surface area (Å²) in [6, 6.07) is 2.23. The molecule has 0 saturated carbocycles. The van der Waals surface area contributed by atoms with Crippen molar-refractivity contribution in [2.24, 2.45) is 0 Å². The van der Waals surface area contributed by atoms with Gasteiger partial charge in [-0.25, -0.2) is 9.67 Å². The van der Waals surface area contributed by atoms with Crippen molar-refractivity contribution in [1.82, 2.24) is 20.1 Å². The molecule has 2 rings (SSSR count). The van der Waals surface area contributed by atoms with Crippen molar-refractivity contribution in [2.45, 2.75) is 39.8 Å². The highest BCUT2D eigenvalue weighted by atomic mass is 19.4. The number of aromatic nitrogens is 3. The molecule has 1 amide bonds. The Morgan fingerprint density at radius 2 is 2.00 bits per heavy atom. The van der Waals surface area contributed by atoms with Gasteiger partial charge >= 0.3 is 6.18 Å². The van der Waals surface area contributed by atoms with Gasteiger partial charge in [0, 0.05) is 24.0 Å². The Hall–Kier alpha value is -2.38. The molecule has 0 aromatic carbocycles. The van der Waals surface area contributed by atoms with E-state index in [9.17, 15) is 18.0 Å². The highest BCUT2D eigenvalue weighted by Crippen LogP contribution is 2.29. The van der Waals surface area contributed by atoms with Crippen molar-refractivity contribution in [3.63, 3.8) is 0 Å². The first-order chi connectivity index (χ1) is 11.2. The molecule has 0 radical (unpaired) electrons. The van der Waals surface area contributed by atoms with E-state index < -0.39 is 11.7 Å². The lowest BCUT2D eigenvalue weighted by atomic mass is 10.1. The van der Waals surface area contributed by atoms with Gasteiger partial charge in [0.2, 0.25) is 5.91 Å². The maximum Gasteiger partial charge on any atom is 0.417 e. The number of pyridine rings is 1. The summed E-state index contributed by atoms with van der Waals surface area (Å²) >= 11 is 0. The number of halogens is 3. The number of aryl methyl sites for hydroxylation is 1. The fourth-order valence-corrected chi connectivity index (χ4v) is 2.32. The average Bonchev–Trinajstić information content (AvgIpc) is 2.80. The lowest BCUT2D eigenvalue weighted by Crippen LogP contribution is -2.26. The van der Waals surface area contributed by atoms with Crippen LogP contribution in [0.2, 0.25) is 0 Å². The molecule has 5 nitrogen and oxygen atoms in total. The zero-order valence-electron chi connectivity index (χ0n) is 13.7. The van der Waals surface area contributed by atoms with E-state index in [0.717, 1.165) is 24.2 Å². The van der Waals surface area contributed by atoms with Gasteiger partial charge < -0.3 is 5.32 Å². The van der Waals surface area contributed by atoms with E-state index >= 15 is 0 Å². The second-order valence-electron chi connectivity index (χ2n) is 5.49. The van der Waals surface area contributed by atoms with E-state index in [-0.39, 0.29) is 18.1 Å². The molecule has 130 valence electrons. The molecule has 0 aliphatic rings. The number of carbonyl (C=O) groups excluding carboxylic acids is 1. The molecule has 0 unspecified atom stereocenters. The van der Waals surface area contributed by atoms with Gasteiger partial charge in [0.05, 0.1) is 17.7 Å². The van der Waals surface area contributed by atoms with Gasteiger partial charge in [-0.05, 0) is 32.4 Å². The number of amides is 1. The van der Waals surface area contributed by atoms with Gasteiger partial charge in [-0.15, -0.1) is 0 Å². The largest absolute Gasteiger partial charge is 0.417 e. The fourth-order valence-electron chi connectivity index (χ4n) is 2.32. The molecule has 0 fully saturated rings. The Bertz CT molecular complexity index is 720. The Kier molecular flexibility index (Phi) is 5.26. The minimum absolute atomic E-state index is 0.108. The van der Waals surface area contributed by atoms with E-state index in [4.69, 9.17) is 0 Å². The molecule has 0 spiro atoms. The second-order valence-corrected chi connectivity index (χ2v) is 5.49. The average molecular weight is 340 g/mol. The molecule has 24 heavy (non-hydrogen) atoms. The van der Waals surface area contributed by atoms with Crippen LogP contribution in [0.25, 0.3) is 5.82 Å². The van der Waals surface area contributed by atoms with Gasteiger partial charge in [-0.3, -0.25) is 4.79 Å². The third-order valence-corrected chi connectivity index (χ3v) is 3.64. The van der Waals surface area contributed by atoms with Crippen LogP contribution in [-0.4, -0.2) is 27.2 Å². The standard InChI is InChI=1S/C16H19F3N4O/c1-4-7-20-15(24)8-13-10(2)22-23(11(13)3)14-6-5-12(9-21-14)16(17,18)19/h5-6,9H,4,7-8H2,1-3H3,(H,20,24). The number of nitrogens with zero attached hydrogens (tertiary/aromatic N) is 3. The van der Waals surface area contributed by atoms with Crippen molar-refractivity contribution in [2.75, 3.05) is 6.54 Å². The molecule has 1 N–H and O–H groups in total. The van der Waals surface area contributed by atoms with Gasteiger partial charge in [-0.2, -0.15) is 18.3 Å². The van der Waals surface area contributed by atoms with Crippen molar-refractivity contribution >= 4 is 5.91 Å². The van der Waals surface area contributed by atoms with Crippen LogP contribution in [-0.2, 0) is 17.4 Å². The molecular weight excluding hydrogens is 321 g/mol. The minimum atomic E-state index is -4.43. The molecule has 0 aliphatic heterocycles. The minimum Gasteiger partial charge on any atom is -0.356 e. The SMILES string of the molecule is CCCNC(=O)Cc1c(C)nn(-c2ccc(C(F)(F)F)cn2)c1C. The van der Waals surface area contributed by atoms with Crippen LogP contribution in [0, 0.1) is 13.8 Å². The van der Waals surface area contributed by atoms with Crippen LogP contribution >= 0.6 is 0 Å². The first kappa shape index (κ1) is 18.0. The first-order valence-corrected chi connectivity index (χ1v) is 7.59. The third-order valence-electron chi connectivity index (χ3n) is 3.64. The normalized spacial score (nSPS) is 11.6. The molecule has 0 bridgehead atoms. The molecule has 2 heterocycles. The zero-order chi connectivity index (χ0) is 17.9. The van der Waals surface area contributed by atoms with Crippen LogP contribution < -0.4 is 5.32 Å². The molecule has 0 saturated heterocycles. The number of nitrogens with one attached hydrogen (secondary N) is 1. The van der Waals surface area contributed by atoms with Crippen LogP contribution in [0.4, 0.5) is 13.2 Å².